The van der Waals surface area contributed by atoms with E-state index in [1.807, 2.05) is 50.2 Å². The van der Waals surface area contributed by atoms with E-state index in [9.17, 15) is 4.79 Å². The fourth-order valence-electron chi connectivity index (χ4n) is 2.41. The number of carbonyl (C=O) groups excluding carboxylic acids is 1. The van der Waals surface area contributed by atoms with Crippen molar-refractivity contribution in [2.75, 3.05) is 18.7 Å². The molecule has 0 saturated carbocycles. The third-order valence-electron chi connectivity index (χ3n) is 3.58. The lowest BCUT2D eigenvalue weighted by atomic mass is 10.2. The van der Waals surface area contributed by atoms with Gasteiger partial charge in [-0.2, -0.15) is 0 Å². The molecule has 2 aromatic carbocycles. The molecular formula is C18H20N2O4. The van der Waals surface area contributed by atoms with E-state index in [2.05, 4.69) is 10.6 Å². The molecule has 0 atom stereocenters. The van der Waals surface area contributed by atoms with Crippen molar-refractivity contribution in [1.82, 2.24) is 5.32 Å². The molecule has 0 unspecified atom stereocenters. The maximum Gasteiger partial charge on any atom is 0.319 e. The molecule has 0 spiro atoms. The molecule has 0 aliphatic carbocycles. The highest BCUT2D eigenvalue weighted by Gasteiger charge is 2.13. The third-order valence-corrected chi connectivity index (χ3v) is 3.58. The largest absolute Gasteiger partial charge is 0.492 e. The highest BCUT2D eigenvalue weighted by atomic mass is 16.7. The first-order chi connectivity index (χ1) is 11.7. The standard InChI is InChI=1S/C18H20N2O4/c1-3-22-16-8-12(2)4-6-14(16)20-18(21)19-10-13-5-7-15-17(9-13)24-11-23-15/h4-9H,3,10-11H2,1-2H3,(H2,19,20,21). The smallest absolute Gasteiger partial charge is 0.319 e. The van der Waals surface area contributed by atoms with Crippen molar-refractivity contribution in [3.05, 3.63) is 47.5 Å². The van der Waals surface area contributed by atoms with E-state index in [1.165, 1.54) is 0 Å². The summed E-state index contributed by atoms with van der Waals surface area (Å²) in [6, 6.07) is 11.0. The van der Waals surface area contributed by atoms with Gasteiger partial charge < -0.3 is 24.8 Å². The summed E-state index contributed by atoms with van der Waals surface area (Å²) in [5.41, 5.74) is 2.65. The summed E-state index contributed by atoms with van der Waals surface area (Å²) in [7, 11) is 0. The SMILES string of the molecule is CCOc1cc(C)ccc1NC(=O)NCc1ccc2c(c1)OCO2. The quantitative estimate of drug-likeness (QED) is 0.882. The highest BCUT2D eigenvalue weighted by molar-refractivity contribution is 5.90. The van der Waals surface area contributed by atoms with Crippen molar-refractivity contribution in [3.8, 4) is 17.2 Å². The van der Waals surface area contributed by atoms with E-state index in [4.69, 9.17) is 14.2 Å². The maximum atomic E-state index is 12.1. The molecule has 126 valence electrons. The molecule has 0 aromatic heterocycles. The van der Waals surface area contributed by atoms with Crippen LogP contribution in [0, 0.1) is 6.92 Å². The van der Waals surface area contributed by atoms with Gasteiger partial charge in [-0.3, -0.25) is 0 Å². The molecule has 1 heterocycles. The number of amides is 2. The van der Waals surface area contributed by atoms with Gasteiger partial charge in [0.05, 0.1) is 12.3 Å². The fraction of sp³-hybridized carbons (Fsp3) is 0.278. The Morgan fingerprint density at radius 2 is 2.00 bits per heavy atom. The lowest BCUT2D eigenvalue weighted by Gasteiger charge is -2.13. The Kier molecular flexibility index (Phi) is 4.74. The number of fused-ring (bicyclic) bond motifs is 1. The van der Waals surface area contributed by atoms with E-state index in [-0.39, 0.29) is 12.8 Å². The Bertz CT molecular complexity index is 746. The number of rotatable bonds is 5. The summed E-state index contributed by atoms with van der Waals surface area (Å²) < 4.78 is 16.2. The zero-order valence-electron chi connectivity index (χ0n) is 13.7. The Labute approximate surface area is 140 Å². The van der Waals surface area contributed by atoms with Gasteiger partial charge in [-0.15, -0.1) is 0 Å². The van der Waals surface area contributed by atoms with Gasteiger partial charge in [-0.05, 0) is 49.2 Å². The fourth-order valence-corrected chi connectivity index (χ4v) is 2.41. The second kappa shape index (κ2) is 7.12. The van der Waals surface area contributed by atoms with Crippen LogP contribution in [0.5, 0.6) is 17.2 Å². The minimum atomic E-state index is -0.294. The van der Waals surface area contributed by atoms with E-state index in [1.54, 1.807) is 0 Å². The van der Waals surface area contributed by atoms with Gasteiger partial charge in [0.1, 0.15) is 5.75 Å². The van der Waals surface area contributed by atoms with Crippen LogP contribution in [-0.2, 0) is 6.54 Å². The van der Waals surface area contributed by atoms with Crippen LogP contribution in [0.1, 0.15) is 18.1 Å². The zero-order chi connectivity index (χ0) is 16.9. The predicted octanol–water partition coefficient (Wildman–Crippen LogP) is 3.44. The summed E-state index contributed by atoms with van der Waals surface area (Å²) in [6.45, 7) is 5.05. The second-order valence-corrected chi connectivity index (χ2v) is 5.43. The third kappa shape index (κ3) is 3.71. The van der Waals surface area contributed by atoms with Crippen molar-refractivity contribution < 1.29 is 19.0 Å². The van der Waals surface area contributed by atoms with E-state index in [0.29, 0.717) is 30.3 Å². The van der Waals surface area contributed by atoms with Crippen LogP contribution in [0.3, 0.4) is 0 Å². The first-order valence-electron chi connectivity index (χ1n) is 7.82. The van der Waals surface area contributed by atoms with E-state index in [0.717, 1.165) is 16.9 Å². The van der Waals surface area contributed by atoms with Crippen LogP contribution in [0.2, 0.25) is 0 Å². The van der Waals surface area contributed by atoms with Gasteiger partial charge in [0.2, 0.25) is 6.79 Å². The van der Waals surface area contributed by atoms with Gasteiger partial charge in [0.15, 0.2) is 11.5 Å². The number of aryl methyl sites for hydroxylation is 1. The maximum absolute atomic E-state index is 12.1. The zero-order valence-corrected chi connectivity index (χ0v) is 13.7. The summed E-state index contributed by atoms with van der Waals surface area (Å²) in [5, 5.41) is 5.63. The second-order valence-electron chi connectivity index (χ2n) is 5.43. The number of nitrogens with one attached hydrogen (secondary N) is 2. The van der Waals surface area contributed by atoms with Gasteiger partial charge >= 0.3 is 6.03 Å². The molecule has 0 fully saturated rings. The summed E-state index contributed by atoms with van der Waals surface area (Å²) in [5.74, 6) is 2.09. The van der Waals surface area contributed by atoms with Crippen molar-refractivity contribution in [2.24, 2.45) is 0 Å². The van der Waals surface area contributed by atoms with E-state index < -0.39 is 0 Å². The van der Waals surface area contributed by atoms with Gasteiger partial charge in [-0.1, -0.05) is 12.1 Å². The van der Waals surface area contributed by atoms with Gasteiger partial charge in [0.25, 0.3) is 0 Å². The normalized spacial score (nSPS) is 11.9. The Balaban J connectivity index is 1.60. The molecule has 0 bridgehead atoms. The minimum Gasteiger partial charge on any atom is -0.492 e. The van der Waals surface area contributed by atoms with Gasteiger partial charge in [-0.25, -0.2) is 4.79 Å². The van der Waals surface area contributed by atoms with Crippen molar-refractivity contribution >= 4 is 11.7 Å². The molecule has 6 heteroatoms. The molecule has 2 amide bonds. The predicted molar refractivity (Wildman–Crippen MR) is 90.8 cm³/mol. The lowest BCUT2D eigenvalue weighted by molar-refractivity contribution is 0.174. The number of benzene rings is 2. The topological polar surface area (TPSA) is 68.8 Å². The lowest BCUT2D eigenvalue weighted by Crippen LogP contribution is -2.28. The number of carbonyl (C=O) groups is 1. The summed E-state index contributed by atoms with van der Waals surface area (Å²) in [6.07, 6.45) is 0. The van der Waals surface area contributed by atoms with Crippen LogP contribution in [0.4, 0.5) is 10.5 Å². The molecule has 6 nitrogen and oxygen atoms in total. The Morgan fingerprint density at radius 1 is 1.17 bits per heavy atom. The minimum absolute atomic E-state index is 0.236. The molecule has 2 aromatic rings. The van der Waals surface area contributed by atoms with Crippen LogP contribution in [0.25, 0.3) is 0 Å². The number of urea groups is 1. The number of ether oxygens (including phenoxy) is 3. The molecule has 0 saturated heterocycles. The molecule has 2 N–H and O–H groups in total. The van der Waals surface area contributed by atoms with Crippen LogP contribution in [-0.4, -0.2) is 19.4 Å². The number of anilines is 1. The molecule has 1 aliphatic rings. The first kappa shape index (κ1) is 16.0. The van der Waals surface area contributed by atoms with Crippen LogP contribution < -0.4 is 24.8 Å². The van der Waals surface area contributed by atoms with Gasteiger partial charge in [0, 0.05) is 6.54 Å². The van der Waals surface area contributed by atoms with Crippen molar-refractivity contribution in [2.45, 2.75) is 20.4 Å². The Morgan fingerprint density at radius 3 is 2.83 bits per heavy atom. The number of hydrogen-bond acceptors (Lipinski definition) is 4. The summed E-state index contributed by atoms with van der Waals surface area (Å²) in [4.78, 5) is 12.1. The molecule has 3 rings (SSSR count). The Hall–Kier alpha value is -2.89. The van der Waals surface area contributed by atoms with Crippen LogP contribution in [0.15, 0.2) is 36.4 Å². The number of hydrogen-bond donors (Lipinski definition) is 2. The van der Waals surface area contributed by atoms with E-state index >= 15 is 0 Å². The van der Waals surface area contributed by atoms with Crippen molar-refractivity contribution in [3.63, 3.8) is 0 Å². The average molecular weight is 328 g/mol. The average Bonchev–Trinajstić information content (AvgIpc) is 3.03. The highest BCUT2D eigenvalue weighted by Crippen LogP contribution is 2.32. The molecule has 24 heavy (non-hydrogen) atoms. The van der Waals surface area contributed by atoms with Crippen LogP contribution >= 0.6 is 0 Å². The summed E-state index contributed by atoms with van der Waals surface area (Å²) >= 11 is 0. The van der Waals surface area contributed by atoms with Crippen molar-refractivity contribution in [1.29, 1.82) is 0 Å². The monoisotopic (exact) mass is 328 g/mol. The molecule has 0 radical (unpaired) electrons. The molecule has 1 aliphatic heterocycles. The first-order valence-corrected chi connectivity index (χ1v) is 7.82. The molecular weight excluding hydrogens is 308 g/mol.